The largest absolute Gasteiger partial charge is 0.487 e. The summed E-state index contributed by atoms with van der Waals surface area (Å²) in [6.07, 6.45) is 0. The number of nitro groups is 1. The highest BCUT2D eigenvalue weighted by molar-refractivity contribution is 7.80. The Morgan fingerprint density at radius 3 is 2.38 bits per heavy atom. The fraction of sp³-hybridized carbons (Fsp3) is 0.222. The zero-order chi connectivity index (χ0) is 27.9. The number of rotatable bonds is 7. The second-order valence-corrected chi connectivity index (χ2v) is 9.41. The van der Waals surface area contributed by atoms with Gasteiger partial charge in [-0.15, -0.1) is 0 Å². The van der Waals surface area contributed by atoms with E-state index in [0.29, 0.717) is 42.5 Å². The van der Waals surface area contributed by atoms with E-state index in [1.807, 2.05) is 41.3 Å². The molecule has 2 N–H and O–H groups in total. The van der Waals surface area contributed by atoms with E-state index in [1.165, 1.54) is 12.1 Å². The van der Waals surface area contributed by atoms with Crippen LogP contribution >= 0.6 is 23.8 Å². The zero-order valence-corrected chi connectivity index (χ0v) is 22.6. The first-order valence-corrected chi connectivity index (χ1v) is 13.0. The summed E-state index contributed by atoms with van der Waals surface area (Å²) >= 11 is 11.8. The first-order chi connectivity index (χ1) is 18.8. The van der Waals surface area contributed by atoms with Gasteiger partial charge in [0.2, 0.25) is 0 Å². The second kappa shape index (κ2) is 12.5. The van der Waals surface area contributed by atoms with Crippen LogP contribution in [-0.4, -0.2) is 59.5 Å². The fourth-order valence-corrected chi connectivity index (χ4v) is 4.68. The quantitative estimate of drug-likeness (QED) is 0.239. The van der Waals surface area contributed by atoms with Gasteiger partial charge in [-0.3, -0.25) is 25.0 Å². The van der Waals surface area contributed by atoms with Gasteiger partial charge >= 0.3 is 5.69 Å². The number of hydrogen-bond acceptors (Lipinski definition) is 7. The number of nitro benzene ring substituents is 1. The van der Waals surface area contributed by atoms with Crippen molar-refractivity contribution in [3.8, 4) is 5.75 Å². The van der Waals surface area contributed by atoms with Gasteiger partial charge in [0.1, 0.15) is 0 Å². The Bertz CT molecular complexity index is 1400. The number of carbonyl (C=O) groups is 2. The molecule has 4 rings (SSSR count). The van der Waals surface area contributed by atoms with Crippen molar-refractivity contribution in [1.29, 1.82) is 0 Å². The van der Waals surface area contributed by atoms with Crippen molar-refractivity contribution < 1.29 is 19.2 Å². The maximum absolute atomic E-state index is 12.7. The first-order valence-electron chi connectivity index (χ1n) is 12.2. The number of amides is 2. The summed E-state index contributed by atoms with van der Waals surface area (Å²) in [5, 5.41) is 17.3. The van der Waals surface area contributed by atoms with Crippen molar-refractivity contribution >= 4 is 57.8 Å². The molecule has 0 aliphatic carbocycles. The van der Waals surface area contributed by atoms with Gasteiger partial charge in [0, 0.05) is 49.1 Å². The van der Waals surface area contributed by atoms with E-state index in [1.54, 1.807) is 19.1 Å². The molecule has 1 fully saturated rings. The average molecular weight is 568 g/mol. The Morgan fingerprint density at radius 2 is 1.74 bits per heavy atom. The number of nitrogens with one attached hydrogen (secondary N) is 2. The molecule has 3 aromatic carbocycles. The van der Waals surface area contributed by atoms with Crippen LogP contribution < -0.4 is 20.3 Å². The summed E-state index contributed by atoms with van der Waals surface area (Å²) in [5.74, 6) is -0.515. The van der Waals surface area contributed by atoms with Crippen LogP contribution in [0, 0.1) is 10.1 Å². The number of anilines is 2. The van der Waals surface area contributed by atoms with E-state index in [4.69, 9.17) is 28.6 Å². The SMILES string of the molecule is CCOc1ccc(C(=O)NC(=S)Nc2ccc(N3CCN(C(=O)c4ccccc4)CC3)c(Cl)c2)cc1[N+](=O)[O-]. The molecule has 1 saturated heterocycles. The molecule has 0 aromatic heterocycles. The Morgan fingerprint density at radius 1 is 1.03 bits per heavy atom. The van der Waals surface area contributed by atoms with Gasteiger partial charge in [-0.1, -0.05) is 29.8 Å². The molecular weight excluding hydrogens is 542 g/mol. The van der Waals surface area contributed by atoms with Crippen molar-refractivity contribution in [3.05, 3.63) is 93.0 Å². The Hall–Kier alpha value is -4.22. The minimum atomic E-state index is -0.608. The monoisotopic (exact) mass is 567 g/mol. The number of hydrogen-bond donors (Lipinski definition) is 2. The predicted octanol–water partition coefficient (Wildman–Crippen LogP) is 4.74. The smallest absolute Gasteiger partial charge is 0.311 e. The highest BCUT2D eigenvalue weighted by Gasteiger charge is 2.24. The summed E-state index contributed by atoms with van der Waals surface area (Å²) in [5.41, 5.74) is 1.81. The molecule has 0 radical (unpaired) electrons. The third-order valence-electron chi connectivity index (χ3n) is 6.08. The molecule has 39 heavy (non-hydrogen) atoms. The topological polar surface area (TPSA) is 117 Å². The molecule has 0 spiro atoms. The van der Waals surface area contributed by atoms with Crippen LogP contribution in [0.4, 0.5) is 17.1 Å². The molecule has 0 atom stereocenters. The lowest BCUT2D eigenvalue weighted by Gasteiger charge is -2.36. The molecule has 12 heteroatoms. The third-order valence-corrected chi connectivity index (χ3v) is 6.59. The van der Waals surface area contributed by atoms with E-state index in [9.17, 15) is 19.7 Å². The molecule has 10 nitrogen and oxygen atoms in total. The van der Waals surface area contributed by atoms with Crippen LogP contribution in [0.3, 0.4) is 0 Å². The fourth-order valence-electron chi connectivity index (χ4n) is 4.17. The van der Waals surface area contributed by atoms with Crippen LogP contribution in [0.15, 0.2) is 66.7 Å². The molecule has 3 aromatic rings. The molecule has 202 valence electrons. The van der Waals surface area contributed by atoms with Crippen molar-refractivity contribution in [3.63, 3.8) is 0 Å². The van der Waals surface area contributed by atoms with Gasteiger partial charge in [0.15, 0.2) is 10.9 Å². The number of benzene rings is 3. The average Bonchev–Trinajstić information content (AvgIpc) is 2.93. The molecule has 1 heterocycles. The molecule has 1 aliphatic heterocycles. The van der Waals surface area contributed by atoms with Crippen molar-refractivity contribution in [2.45, 2.75) is 6.92 Å². The Balaban J connectivity index is 1.34. The van der Waals surface area contributed by atoms with Gasteiger partial charge in [-0.25, -0.2) is 0 Å². The number of carbonyl (C=O) groups excluding carboxylic acids is 2. The number of nitrogens with zero attached hydrogens (tertiary/aromatic N) is 3. The lowest BCUT2D eigenvalue weighted by molar-refractivity contribution is -0.385. The molecule has 0 bridgehead atoms. The van der Waals surface area contributed by atoms with E-state index >= 15 is 0 Å². The van der Waals surface area contributed by atoms with Gasteiger partial charge in [0.25, 0.3) is 11.8 Å². The predicted molar refractivity (Wildman–Crippen MR) is 154 cm³/mol. The van der Waals surface area contributed by atoms with Crippen molar-refractivity contribution in [2.75, 3.05) is 43.0 Å². The molecule has 0 unspecified atom stereocenters. The molecule has 1 aliphatic rings. The van der Waals surface area contributed by atoms with E-state index < -0.39 is 10.8 Å². The number of piperazine rings is 1. The zero-order valence-electron chi connectivity index (χ0n) is 21.1. The molecule has 2 amide bonds. The van der Waals surface area contributed by atoms with Gasteiger partial charge in [0.05, 0.1) is 22.2 Å². The number of thiocarbonyl (C=S) groups is 1. The van der Waals surface area contributed by atoms with Crippen LogP contribution in [-0.2, 0) is 0 Å². The first kappa shape index (κ1) is 27.8. The van der Waals surface area contributed by atoms with Gasteiger partial charge < -0.3 is 19.9 Å². The van der Waals surface area contributed by atoms with Gasteiger partial charge in [-0.05, 0) is 61.6 Å². The molecular formula is C27H26ClN5O5S. The summed E-state index contributed by atoms with van der Waals surface area (Å²) < 4.78 is 5.25. The standard InChI is InChI=1S/C27H26ClN5O5S/c1-2-38-24-11-8-19(16-23(24)33(36)37)25(34)30-27(39)29-20-9-10-22(21(28)17-20)31-12-14-32(15-13-31)26(35)18-6-4-3-5-7-18/h3-11,16-17H,2,12-15H2,1H3,(H2,29,30,34,39). The number of halogens is 1. The lowest BCUT2D eigenvalue weighted by atomic mass is 10.1. The van der Waals surface area contributed by atoms with Crippen molar-refractivity contribution in [1.82, 2.24) is 10.2 Å². The summed E-state index contributed by atoms with van der Waals surface area (Å²) in [4.78, 5) is 40.0. The third kappa shape index (κ3) is 6.81. The van der Waals surface area contributed by atoms with Crippen LogP contribution in [0.2, 0.25) is 5.02 Å². The summed E-state index contributed by atoms with van der Waals surface area (Å²) in [7, 11) is 0. The van der Waals surface area contributed by atoms with E-state index in [-0.39, 0.29) is 34.6 Å². The highest BCUT2D eigenvalue weighted by Crippen LogP contribution is 2.30. The van der Waals surface area contributed by atoms with Crippen LogP contribution in [0.5, 0.6) is 5.75 Å². The maximum atomic E-state index is 12.7. The van der Waals surface area contributed by atoms with Crippen molar-refractivity contribution in [2.24, 2.45) is 0 Å². The van der Waals surface area contributed by atoms with Crippen LogP contribution in [0.25, 0.3) is 0 Å². The van der Waals surface area contributed by atoms with Gasteiger partial charge in [-0.2, -0.15) is 0 Å². The summed E-state index contributed by atoms with van der Waals surface area (Å²) in [6.45, 7) is 4.38. The minimum Gasteiger partial charge on any atom is -0.487 e. The summed E-state index contributed by atoms with van der Waals surface area (Å²) in [6, 6.07) is 18.5. The maximum Gasteiger partial charge on any atom is 0.311 e. The Kier molecular flexibility index (Phi) is 8.95. The lowest BCUT2D eigenvalue weighted by Crippen LogP contribution is -2.48. The normalized spacial score (nSPS) is 13.0. The van der Waals surface area contributed by atoms with E-state index in [0.717, 1.165) is 11.8 Å². The highest BCUT2D eigenvalue weighted by atomic mass is 35.5. The molecule has 0 saturated carbocycles. The second-order valence-electron chi connectivity index (χ2n) is 8.59. The van der Waals surface area contributed by atoms with Crippen LogP contribution in [0.1, 0.15) is 27.6 Å². The van der Waals surface area contributed by atoms with E-state index in [2.05, 4.69) is 15.5 Å². The Labute approximate surface area is 235 Å². The number of ether oxygens (including phenoxy) is 1. The minimum absolute atomic E-state index is 0.00777.